The van der Waals surface area contributed by atoms with E-state index in [1.54, 1.807) is 60.8 Å². The summed E-state index contributed by atoms with van der Waals surface area (Å²) in [5.74, 6) is -10.6. The quantitative estimate of drug-likeness (QED) is 0.0134. The number of nitrogens with two attached hydrogens (primary N) is 1. The van der Waals surface area contributed by atoms with E-state index in [0.29, 0.717) is 40.4 Å². The van der Waals surface area contributed by atoms with E-state index in [1.807, 2.05) is 0 Å². The van der Waals surface area contributed by atoms with E-state index in [1.165, 1.54) is 31.2 Å². The lowest BCUT2D eigenvalue weighted by Gasteiger charge is -2.29. The zero-order valence-electron chi connectivity index (χ0n) is 47.4. The molecule has 1 saturated heterocycles. The summed E-state index contributed by atoms with van der Waals surface area (Å²) in [6.07, 6.45) is -1.92. The van der Waals surface area contributed by atoms with Crippen molar-refractivity contribution in [2.75, 3.05) is 31.1 Å². The van der Waals surface area contributed by atoms with E-state index < -0.39 is 125 Å². The molecule has 0 aliphatic carbocycles. The van der Waals surface area contributed by atoms with Gasteiger partial charge in [0.15, 0.2) is 6.04 Å². The number of aromatic amines is 1. The Bertz CT molecular complexity index is 3020. The number of carbonyl (C=O) groups excluding carboxylic acids is 9. The lowest BCUT2D eigenvalue weighted by Crippen LogP contribution is -2.62. The van der Waals surface area contributed by atoms with E-state index in [9.17, 15) is 68.4 Å². The third-order valence-electron chi connectivity index (χ3n) is 13.6. The van der Waals surface area contributed by atoms with Gasteiger partial charge in [0.2, 0.25) is 53.2 Å². The fourth-order valence-corrected chi connectivity index (χ4v) is 11.2. The molecule has 3 aromatic carbocycles. The van der Waals surface area contributed by atoms with Gasteiger partial charge in [-0.2, -0.15) is 0 Å². The fraction of sp³-hybridized carbons (Fsp3) is 0.464. The molecule has 0 saturated carbocycles. The SMILES string of the molecule is CC(O)[C@H](NC(=O)[C@@H]1CSSC[C@H](NC(=O)[C@@H](Cc2ccccc2)NC(=O)CCC(=O)NCCCN=[N+]=[N-])C(=O)N[C@@H](Cc2ccc(O)cc2)C(=O)N[C@H](Cc2c[nH]c3ccccc23)C(=O)N[C@@H](CCCCN)C(=O)N[C@@H](C(C)O)C(=O)N1)C(=O)O. The Morgan fingerprint density at radius 1 is 0.733 bits per heavy atom. The number of hydrogen-bond donors (Lipinski definition) is 15. The van der Waals surface area contributed by atoms with Crippen molar-refractivity contribution in [3.8, 4) is 5.75 Å². The number of benzene rings is 3. The summed E-state index contributed by atoms with van der Waals surface area (Å²) < 4.78 is 0. The number of aliphatic carboxylic acids is 1. The Morgan fingerprint density at radius 2 is 1.37 bits per heavy atom. The number of azide groups is 1. The molecule has 9 amide bonds. The van der Waals surface area contributed by atoms with Crippen LogP contribution < -0.4 is 53.6 Å². The molecule has 2 unspecified atom stereocenters. The smallest absolute Gasteiger partial charge is 0.328 e. The number of amides is 9. The average molecular weight is 1230 g/mol. The molecule has 10 atom stereocenters. The standard InChI is InChI=1S/C56H74N14O14S2/c1-31(71)47-55(82)67-44(54(81)69-48(32(2)72)56(83)84)30-86-85-29-43(66-50(77)40(25-33-11-4-3-5-12-33)62-46(75)21-20-45(74)59-23-10-24-61-70-58)53(80)64-41(26-34-16-18-36(73)19-17-34)51(78)65-42(27-35-28-60-38-14-7-6-13-37(35)38)52(79)63-39(49(76)68-47)15-8-9-22-57/h3-7,11-14,16-19,28,31-32,39-44,47-48,60,71-73H,8-10,15,20-27,29-30,57H2,1-2H3,(H,59,74)(H,62,75)(H,63,79)(H,64,80)(H,65,78)(H,66,77)(H,67,82)(H,68,76)(H,69,81)(H,83,84)/t31?,32?,39-,40+,41-,42+,43-,44-,47-,48-/m0/s1. The number of nitrogens with one attached hydrogen (secondary N) is 10. The van der Waals surface area contributed by atoms with Crippen LogP contribution in [0.3, 0.4) is 0 Å². The first kappa shape index (κ1) is 68.4. The maximum absolute atomic E-state index is 15.0. The van der Waals surface area contributed by atoms with E-state index >= 15 is 0 Å². The molecule has 1 aliphatic rings. The van der Waals surface area contributed by atoms with Crippen molar-refractivity contribution in [3.63, 3.8) is 0 Å². The Balaban J connectivity index is 1.59. The number of rotatable bonds is 25. The van der Waals surface area contributed by atoms with Gasteiger partial charge >= 0.3 is 5.97 Å². The van der Waals surface area contributed by atoms with Crippen molar-refractivity contribution < 1.29 is 68.4 Å². The molecule has 2 heterocycles. The Morgan fingerprint density at radius 3 is 2.05 bits per heavy atom. The number of carbonyl (C=O) groups is 10. The van der Waals surface area contributed by atoms with Crippen molar-refractivity contribution in [3.05, 3.63) is 112 Å². The summed E-state index contributed by atoms with van der Waals surface area (Å²) >= 11 is 0. The topological polar surface area (TPSA) is 450 Å². The van der Waals surface area contributed by atoms with E-state index in [-0.39, 0.29) is 76.1 Å². The van der Waals surface area contributed by atoms with Gasteiger partial charge < -0.3 is 79.0 Å². The highest BCUT2D eigenvalue weighted by molar-refractivity contribution is 8.76. The van der Waals surface area contributed by atoms with Crippen molar-refractivity contribution >= 4 is 91.6 Å². The van der Waals surface area contributed by atoms with Crippen LogP contribution in [-0.2, 0) is 67.2 Å². The zero-order chi connectivity index (χ0) is 62.7. The average Bonchev–Trinajstić information content (AvgIpc) is 3.14. The lowest BCUT2D eigenvalue weighted by atomic mass is 10.0. The molecule has 0 radical (unpaired) electrons. The van der Waals surface area contributed by atoms with E-state index in [4.69, 9.17) is 11.3 Å². The molecule has 4 aromatic rings. The maximum Gasteiger partial charge on any atom is 0.328 e. The van der Waals surface area contributed by atoms with Crippen LogP contribution in [-0.4, -0.2) is 176 Å². The normalized spacial score (nSPS) is 20.5. The molecule has 1 fully saturated rings. The first-order chi connectivity index (χ1) is 41.2. The van der Waals surface area contributed by atoms with Gasteiger partial charge in [-0.1, -0.05) is 87.4 Å². The van der Waals surface area contributed by atoms with Crippen LogP contribution in [0.25, 0.3) is 21.3 Å². The minimum atomic E-state index is -1.87. The Kier molecular flexibility index (Phi) is 27.9. The number of unbranched alkanes of at least 4 members (excludes halogenated alkanes) is 1. The van der Waals surface area contributed by atoms with Crippen molar-refractivity contribution in [1.29, 1.82) is 0 Å². The minimum Gasteiger partial charge on any atom is -0.508 e. The van der Waals surface area contributed by atoms with Crippen molar-refractivity contribution in [1.82, 2.24) is 52.8 Å². The first-order valence-electron chi connectivity index (χ1n) is 27.8. The number of aliphatic hydroxyl groups is 2. The predicted molar refractivity (Wildman–Crippen MR) is 319 cm³/mol. The highest BCUT2D eigenvalue weighted by atomic mass is 33.1. The molecule has 86 heavy (non-hydrogen) atoms. The number of aromatic nitrogens is 1. The van der Waals surface area contributed by atoms with Gasteiger partial charge in [0.1, 0.15) is 48.0 Å². The molecule has 0 spiro atoms. The second-order valence-corrected chi connectivity index (χ2v) is 22.9. The third kappa shape index (κ3) is 22.2. The number of fused-ring (bicyclic) bond motifs is 1. The van der Waals surface area contributed by atoms with Crippen molar-refractivity contribution in [2.24, 2.45) is 10.8 Å². The molecule has 0 bridgehead atoms. The number of aromatic hydroxyl groups is 1. The minimum absolute atomic E-state index is 0.0621. The number of hydrogen-bond acceptors (Lipinski definition) is 17. The largest absolute Gasteiger partial charge is 0.508 e. The Hall–Kier alpha value is -8.41. The number of H-pyrrole nitrogens is 1. The van der Waals surface area contributed by atoms with E-state index in [0.717, 1.165) is 28.5 Å². The second-order valence-electron chi connectivity index (χ2n) is 20.4. The summed E-state index contributed by atoms with van der Waals surface area (Å²) in [5, 5.41) is 68.6. The van der Waals surface area contributed by atoms with Gasteiger partial charge in [-0.05, 0) is 86.5 Å². The van der Waals surface area contributed by atoms with Crippen LogP contribution in [0, 0.1) is 0 Å². The van der Waals surface area contributed by atoms with Crippen LogP contribution in [0.4, 0.5) is 0 Å². The van der Waals surface area contributed by atoms with Gasteiger partial charge in [0.05, 0.1) is 12.2 Å². The molecule has 464 valence electrons. The second kappa shape index (κ2) is 35.1. The first-order valence-corrected chi connectivity index (χ1v) is 30.3. The van der Waals surface area contributed by atoms with Crippen LogP contribution in [0.1, 0.15) is 69.1 Å². The van der Waals surface area contributed by atoms with Gasteiger partial charge in [-0.3, -0.25) is 43.2 Å². The van der Waals surface area contributed by atoms with Crippen LogP contribution >= 0.6 is 21.6 Å². The Labute approximate surface area is 502 Å². The van der Waals surface area contributed by atoms with Crippen LogP contribution in [0.5, 0.6) is 5.75 Å². The monoisotopic (exact) mass is 1230 g/mol. The highest BCUT2D eigenvalue weighted by Gasteiger charge is 2.37. The number of para-hydroxylation sites is 1. The number of phenols is 1. The third-order valence-corrected chi connectivity index (χ3v) is 16.0. The highest BCUT2D eigenvalue weighted by Crippen LogP contribution is 2.25. The molecule has 28 nitrogen and oxygen atoms in total. The fourth-order valence-electron chi connectivity index (χ4n) is 8.88. The van der Waals surface area contributed by atoms with Gasteiger partial charge in [0, 0.05) is 78.7 Å². The lowest BCUT2D eigenvalue weighted by molar-refractivity contribution is -0.145. The van der Waals surface area contributed by atoms with Crippen LogP contribution in [0.2, 0.25) is 0 Å². The molecular formula is C56H74N14O14S2. The van der Waals surface area contributed by atoms with Gasteiger partial charge in [-0.25, -0.2) is 4.79 Å². The summed E-state index contributed by atoms with van der Waals surface area (Å²) in [4.78, 5) is 146. The zero-order valence-corrected chi connectivity index (χ0v) is 49.0. The molecule has 1 aliphatic heterocycles. The number of phenolic OH excluding ortho intramolecular Hbond substituents is 1. The molecule has 16 N–H and O–H groups in total. The summed E-state index contributed by atoms with van der Waals surface area (Å²) in [6.45, 7) is 2.80. The number of aliphatic hydroxyl groups excluding tert-OH is 2. The maximum atomic E-state index is 15.0. The van der Waals surface area contributed by atoms with Crippen molar-refractivity contribution in [2.45, 2.75) is 132 Å². The number of carboxylic acid groups (broad SMARTS) is 1. The van der Waals surface area contributed by atoms with E-state index in [2.05, 4.69) is 62.9 Å². The van der Waals surface area contributed by atoms with Gasteiger partial charge in [-0.15, -0.1) is 0 Å². The molecule has 5 rings (SSSR count). The van der Waals surface area contributed by atoms with Gasteiger partial charge in [0.25, 0.3) is 0 Å². The number of carboxylic acids is 1. The summed E-state index contributed by atoms with van der Waals surface area (Å²) in [5.41, 5.74) is 16.6. The molecular weight excluding hydrogens is 1160 g/mol. The summed E-state index contributed by atoms with van der Waals surface area (Å²) in [6, 6.07) is 8.53. The number of nitrogens with zero attached hydrogens (tertiary/aromatic N) is 3. The summed E-state index contributed by atoms with van der Waals surface area (Å²) in [7, 11) is 1.71. The molecule has 30 heteroatoms. The predicted octanol–water partition coefficient (Wildman–Crippen LogP) is -0.253. The van der Waals surface area contributed by atoms with Crippen LogP contribution in [0.15, 0.2) is 90.2 Å². The molecule has 1 aromatic heterocycles.